The van der Waals surface area contributed by atoms with Gasteiger partial charge in [-0.05, 0) is 12.1 Å². The fraction of sp³-hybridized carbons (Fsp3) is 0.444. The van der Waals surface area contributed by atoms with E-state index in [1.165, 1.54) is 18.3 Å². The van der Waals surface area contributed by atoms with E-state index in [4.69, 9.17) is 5.73 Å². The van der Waals surface area contributed by atoms with Gasteiger partial charge in [0.05, 0.1) is 6.54 Å². The second-order valence-corrected chi connectivity index (χ2v) is 5.17. The van der Waals surface area contributed by atoms with Crippen LogP contribution in [-0.4, -0.2) is 43.8 Å². The van der Waals surface area contributed by atoms with Gasteiger partial charge in [0.15, 0.2) is 0 Å². The van der Waals surface area contributed by atoms with Crippen LogP contribution in [0.3, 0.4) is 0 Å². The summed E-state index contributed by atoms with van der Waals surface area (Å²) in [6.45, 7) is -1.04. The van der Waals surface area contributed by atoms with Gasteiger partial charge in [-0.15, -0.1) is 0 Å². The van der Waals surface area contributed by atoms with E-state index >= 15 is 0 Å². The number of rotatable bonds is 6. The van der Waals surface area contributed by atoms with Crippen molar-refractivity contribution < 1.29 is 17.2 Å². The average Bonchev–Trinajstić information content (AvgIpc) is 2.29. The summed E-state index contributed by atoms with van der Waals surface area (Å²) in [4.78, 5) is 3.53. The first-order valence-electron chi connectivity index (χ1n) is 4.87. The standard InChI is InChI=1S/C9H13F2N3O2S/c10-9(11)7-14(5-3-12)17(15,16)8-2-1-4-13-6-8/h1-2,4,6,9H,3,5,7,12H2. The lowest BCUT2D eigenvalue weighted by Crippen LogP contribution is -2.38. The number of nitrogens with zero attached hydrogens (tertiary/aromatic N) is 2. The van der Waals surface area contributed by atoms with Crippen molar-refractivity contribution in [3.05, 3.63) is 24.5 Å². The van der Waals surface area contributed by atoms with Crippen molar-refractivity contribution in [2.24, 2.45) is 5.73 Å². The van der Waals surface area contributed by atoms with Crippen molar-refractivity contribution in [3.8, 4) is 0 Å². The van der Waals surface area contributed by atoms with Gasteiger partial charge in [-0.3, -0.25) is 4.98 Å². The third kappa shape index (κ3) is 3.69. The van der Waals surface area contributed by atoms with Crippen molar-refractivity contribution in [1.82, 2.24) is 9.29 Å². The molecule has 0 unspecified atom stereocenters. The van der Waals surface area contributed by atoms with Crippen LogP contribution in [0.2, 0.25) is 0 Å². The fourth-order valence-electron chi connectivity index (χ4n) is 1.26. The summed E-state index contributed by atoms with van der Waals surface area (Å²) >= 11 is 0. The Morgan fingerprint density at radius 2 is 2.18 bits per heavy atom. The van der Waals surface area contributed by atoms with Gasteiger partial charge in [0.2, 0.25) is 10.0 Å². The Morgan fingerprint density at radius 3 is 2.65 bits per heavy atom. The predicted molar refractivity (Wildman–Crippen MR) is 58.1 cm³/mol. The quantitative estimate of drug-likeness (QED) is 0.802. The minimum absolute atomic E-state index is 0.0216. The Kier molecular flexibility index (Phi) is 4.91. The molecule has 8 heteroatoms. The van der Waals surface area contributed by atoms with Gasteiger partial charge < -0.3 is 5.73 Å². The number of halogens is 2. The molecule has 0 atom stereocenters. The van der Waals surface area contributed by atoms with Crippen molar-refractivity contribution in [2.75, 3.05) is 19.6 Å². The Morgan fingerprint density at radius 1 is 1.47 bits per heavy atom. The second kappa shape index (κ2) is 5.99. The molecule has 1 aromatic rings. The molecule has 0 spiro atoms. The third-order valence-corrected chi connectivity index (χ3v) is 3.84. The zero-order valence-corrected chi connectivity index (χ0v) is 9.78. The Labute approximate surface area is 98.3 Å². The minimum Gasteiger partial charge on any atom is -0.329 e. The van der Waals surface area contributed by atoms with Gasteiger partial charge in [-0.2, -0.15) is 4.31 Å². The van der Waals surface area contributed by atoms with Crippen LogP contribution in [0.15, 0.2) is 29.4 Å². The molecule has 0 saturated carbocycles. The van der Waals surface area contributed by atoms with Gasteiger partial charge in [0.25, 0.3) is 6.43 Å². The highest BCUT2D eigenvalue weighted by molar-refractivity contribution is 7.89. The summed E-state index contributed by atoms with van der Waals surface area (Å²) in [5, 5.41) is 0. The first-order chi connectivity index (χ1) is 7.98. The number of aromatic nitrogens is 1. The number of alkyl halides is 2. The molecule has 0 amide bonds. The first kappa shape index (κ1) is 13.9. The van der Waals surface area contributed by atoms with Crippen LogP contribution in [0.5, 0.6) is 0 Å². The maximum absolute atomic E-state index is 12.3. The molecule has 0 saturated heterocycles. The molecule has 2 N–H and O–H groups in total. The van der Waals surface area contributed by atoms with Gasteiger partial charge in [-0.1, -0.05) is 0 Å². The Bertz CT molecular complexity index is 439. The van der Waals surface area contributed by atoms with Crippen molar-refractivity contribution in [1.29, 1.82) is 0 Å². The minimum atomic E-state index is -3.95. The number of hydrogen-bond donors (Lipinski definition) is 1. The molecule has 0 aromatic carbocycles. The van der Waals surface area contributed by atoms with Gasteiger partial charge in [0, 0.05) is 25.5 Å². The van der Waals surface area contributed by atoms with Crippen LogP contribution in [0.1, 0.15) is 0 Å². The topological polar surface area (TPSA) is 76.3 Å². The van der Waals surface area contributed by atoms with E-state index < -0.39 is 23.0 Å². The molecule has 0 aliphatic rings. The van der Waals surface area contributed by atoms with Crippen LogP contribution in [0, 0.1) is 0 Å². The summed E-state index contributed by atoms with van der Waals surface area (Å²) in [5.74, 6) is 0. The molecule has 1 aromatic heterocycles. The molecule has 1 rings (SSSR count). The predicted octanol–water partition coefficient (Wildman–Crippen LogP) is 0.296. The maximum atomic E-state index is 12.3. The van der Waals surface area contributed by atoms with E-state index in [2.05, 4.69) is 4.98 Å². The largest absolute Gasteiger partial charge is 0.329 e. The highest BCUT2D eigenvalue weighted by Crippen LogP contribution is 2.14. The molecule has 0 fully saturated rings. The molecule has 0 aliphatic heterocycles. The van der Waals surface area contributed by atoms with Gasteiger partial charge in [-0.25, -0.2) is 17.2 Å². The molecule has 0 aliphatic carbocycles. The van der Waals surface area contributed by atoms with Crippen LogP contribution in [0.4, 0.5) is 8.78 Å². The first-order valence-corrected chi connectivity index (χ1v) is 6.31. The van der Waals surface area contributed by atoms with E-state index in [1.807, 2.05) is 0 Å². The molecular weight excluding hydrogens is 252 g/mol. The number of pyridine rings is 1. The number of hydrogen-bond acceptors (Lipinski definition) is 4. The average molecular weight is 265 g/mol. The molecule has 17 heavy (non-hydrogen) atoms. The fourth-order valence-corrected chi connectivity index (χ4v) is 2.65. The van der Waals surface area contributed by atoms with Crippen LogP contribution >= 0.6 is 0 Å². The van der Waals surface area contributed by atoms with Crippen LogP contribution < -0.4 is 5.73 Å². The lowest BCUT2D eigenvalue weighted by molar-refractivity contribution is 0.120. The summed E-state index contributed by atoms with van der Waals surface area (Å²) in [5.41, 5.74) is 5.21. The lowest BCUT2D eigenvalue weighted by Gasteiger charge is -2.20. The maximum Gasteiger partial charge on any atom is 0.252 e. The molecule has 1 heterocycles. The van der Waals surface area contributed by atoms with E-state index in [0.717, 1.165) is 6.20 Å². The highest BCUT2D eigenvalue weighted by atomic mass is 32.2. The molecule has 5 nitrogen and oxygen atoms in total. The number of nitrogens with two attached hydrogens (primary N) is 1. The zero-order valence-electron chi connectivity index (χ0n) is 8.96. The van der Waals surface area contributed by atoms with E-state index in [1.54, 1.807) is 0 Å². The molecule has 0 radical (unpaired) electrons. The Balaban J connectivity index is 3.00. The smallest absolute Gasteiger partial charge is 0.252 e. The third-order valence-electron chi connectivity index (χ3n) is 1.99. The van der Waals surface area contributed by atoms with Gasteiger partial charge >= 0.3 is 0 Å². The van der Waals surface area contributed by atoms with Crippen LogP contribution in [0.25, 0.3) is 0 Å². The lowest BCUT2D eigenvalue weighted by atomic mass is 10.5. The van der Waals surface area contributed by atoms with Crippen molar-refractivity contribution in [3.63, 3.8) is 0 Å². The zero-order chi connectivity index (χ0) is 12.9. The summed E-state index contributed by atoms with van der Waals surface area (Å²) in [6, 6.07) is 2.73. The van der Waals surface area contributed by atoms with Crippen molar-refractivity contribution >= 4 is 10.0 Å². The molecule has 96 valence electrons. The summed E-state index contributed by atoms with van der Waals surface area (Å²) in [6.07, 6.45) is -0.225. The second-order valence-electron chi connectivity index (χ2n) is 3.23. The Hall–Kier alpha value is -1.12. The normalized spacial score (nSPS) is 12.3. The molecule has 0 bridgehead atoms. The van der Waals surface area contributed by atoms with E-state index in [-0.39, 0.29) is 18.0 Å². The summed E-state index contributed by atoms with van der Waals surface area (Å²) < 4.78 is 49.2. The van der Waals surface area contributed by atoms with Gasteiger partial charge in [0.1, 0.15) is 4.90 Å². The highest BCUT2D eigenvalue weighted by Gasteiger charge is 2.26. The SMILES string of the molecule is NCCN(CC(F)F)S(=O)(=O)c1cccnc1. The monoisotopic (exact) mass is 265 g/mol. The molecular formula is C9H13F2N3O2S. The van der Waals surface area contributed by atoms with E-state index in [0.29, 0.717) is 4.31 Å². The summed E-state index contributed by atoms with van der Waals surface area (Å²) in [7, 11) is -3.95. The van der Waals surface area contributed by atoms with E-state index in [9.17, 15) is 17.2 Å². The van der Waals surface area contributed by atoms with Crippen molar-refractivity contribution in [2.45, 2.75) is 11.3 Å². The number of sulfonamides is 1. The van der Waals surface area contributed by atoms with Crippen LogP contribution in [-0.2, 0) is 10.0 Å².